The first-order valence-corrected chi connectivity index (χ1v) is 12.7. The number of hydrogen-bond donors (Lipinski definition) is 3. The number of nitrogens with one attached hydrogen (secondary N) is 1. The average molecular weight is 484 g/mol. The van der Waals surface area contributed by atoms with E-state index in [1.165, 1.54) is 0 Å². The van der Waals surface area contributed by atoms with Gasteiger partial charge >= 0.3 is 0 Å². The Morgan fingerprint density at radius 2 is 1.31 bits per heavy atom. The van der Waals surface area contributed by atoms with Gasteiger partial charge in [-0.05, 0) is 54.8 Å². The van der Waals surface area contributed by atoms with Crippen LogP contribution in [0.2, 0.25) is 0 Å². The van der Waals surface area contributed by atoms with E-state index >= 15 is 0 Å². The molecule has 0 bridgehead atoms. The Hall–Kier alpha value is -4.03. The summed E-state index contributed by atoms with van der Waals surface area (Å²) in [6.45, 7) is 5.49. The molecule has 0 fully saturated rings. The number of phenols is 2. The summed E-state index contributed by atoms with van der Waals surface area (Å²) in [5.74, 6) is -0.0359. The first-order valence-electron chi connectivity index (χ1n) is 11.2. The van der Waals surface area contributed by atoms with Crippen molar-refractivity contribution in [2.24, 2.45) is 0 Å². The van der Waals surface area contributed by atoms with E-state index in [1.54, 1.807) is 56.3 Å². The summed E-state index contributed by atoms with van der Waals surface area (Å²) >= 11 is 0. The number of phenolic OH excluding ortho intramolecular Hbond substituents is 2. The molecule has 0 aliphatic rings. The molecule has 5 rings (SSSR count). The van der Waals surface area contributed by atoms with Crippen molar-refractivity contribution < 1.29 is 18.6 Å². The fourth-order valence-corrected chi connectivity index (χ4v) is 6.49. The minimum absolute atomic E-state index is 0.00619. The van der Waals surface area contributed by atoms with Crippen LogP contribution in [0, 0.1) is 20.8 Å². The van der Waals surface area contributed by atoms with Crippen molar-refractivity contribution in [2.45, 2.75) is 25.7 Å². The summed E-state index contributed by atoms with van der Waals surface area (Å²) in [7, 11) is -3.94. The van der Waals surface area contributed by atoms with Gasteiger partial charge < -0.3 is 10.2 Å². The van der Waals surface area contributed by atoms with Gasteiger partial charge in [-0.2, -0.15) is 0 Å². The van der Waals surface area contributed by atoms with Crippen LogP contribution in [0.5, 0.6) is 11.5 Å². The van der Waals surface area contributed by atoms with E-state index < -0.39 is 10.0 Å². The SMILES string of the molecule is Cc1cc(C)c(S(=O)(=O)Nc2cc(-c3c(O)ccc4ccccc34)c(O)c3ccccc23)c(C)c1. The quantitative estimate of drug-likeness (QED) is 0.245. The number of aryl methyl sites for hydroxylation is 3. The molecule has 0 amide bonds. The van der Waals surface area contributed by atoms with E-state index in [9.17, 15) is 18.6 Å². The second-order valence-electron chi connectivity index (χ2n) is 8.88. The third kappa shape index (κ3) is 3.86. The number of hydrogen-bond acceptors (Lipinski definition) is 4. The molecule has 176 valence electrons. The van der Waals surface area contributed by atoms with Gasteiger partial charge in [0.1, 0.15) is 11.5 Å². The van der Waals surface area contributed by atoms with Gasteiger partial charge in [-0.25, -0.2) is 8.42 Å². The molecule has 5 nitrogen and oxygen atoms in total. The van der Waals surface area contributed by atoms with Crippen LogP contribution >= 0.6 is 0 Å². The molecule has 0 atom stereocenters. The zero-order valence-electron chi connectivity index (χ0n) is 19.6. The highest BCUT2D eigenvalue weighted by atomic mass is 32.2. The zero-order chi connectivity index (χ0) is 24.9. The Labute approximate surface area is 204 Å². The molecule has 0 saturated heterocycles. The highest BCUT2D eigenvalue weighted by molar-refractivity contribution is 7.92. The molecular formula is C29H25NO4S. The number of benzene rings is 5. The highest BCUT2D eigenvalue weighted by Gasteiger charge is 2.24. The Morgan fingerprint density at radius 1 is 0.714 bits per heavy atom. The smallest absolute Gasteiger partial charge is 0.262 e. The van der Waals surface area contributed by atoms with Crippen molar-refractivity contribution in [3.63, 3.8) is 0 Å². The van der Waals surface area contributed by atoms with Crippen molar-refractivity contribution in [1.29, 1.82) is 0 Å². The van der Waals surface area contributed by atoms with Crippen LogP contribution in [0.1, 0.15) is 16.7 Å². The Balaban J connectivity index is 1.78. The third-order valence-electron chi connectivity index (χ3n) is 6.31. The molecule has 3 N–H and O–H groups in total. The maximum atomic E-state index is 13.6. The molecular weight excluding hydrogens is 458 g/mol. The van der Waals surface area contributed by atoms with Gasteiger partial charge in [-0.3, -0.25) is 4.72 Å². The highest BCUT2D eigenvalue weighted by Crippen LogP contribution is 2.46. The van der Waals surface area contributed by atoms with Crippen molar-refractivity contribution >= 4 is 37.3 Å². The maximum absolute atomic E-state index is 13.6. The first-order chi connectivity index (χ1) is 16.7. The summed E-state index contributed by atoms with van der Waals surface area (Å²) < 4.78 is 29.9. The van der Waals surface area contributed by atoms with E-state index in [-0.39, 0.29) is 16.4 Å². The number of rotatable bonds is 4. The van der Waals surface area contributed by atoms with Crippen molar-refractivity contribution in [3.05, 3.63) is 95.6 Å². The molecule has 0 radical (unpaired) electrons. The summed E-state index contributed by atoms with van der Waals surface area (Å²) in [4.78, 5) is 0.231. The van der Waals surface area contributed by atoms with Gasteiger partial charge in [-0.15, -0.1) is 0 Å². The van der Waals surface area contributed by atoms with Crippen molar-refractivity contribution in [3.8, 4) is 22.6 Å². The van der Waals surface area contributed by atoms with Crippen molar-refractivity contribution in [2.75, 3.05) is 4.72 Å². The van der Waals surface area contributed by atoms with Gasteiger partial charge in [0.15, 0.2) is 0 Å². The molecule has 0 heterocycles. The van der Waals surface area contributed by atoms with Crippen molar-refractivity contribution in [1.82, 2.24) is 0 Å². The number of fused-ring (bicyclic) bond motifs is 2. The molecule has 0 unspecified atom stereocenters. The van der Waals surface area contributed by atoms with Gasteiger partial charge in [-0.1, -0.05) is 72.3 Å². The van der Waals surface area contributed by atoms with Gasteiger partial charge in [0.05, 0.1) is 10.6 Å². The van der Waals surface area contributed by atoms with Crippen LogP contribution in [0.15, 0.2) is 83.8 Å². The summed E-state index contributed by atoms with van der Waals surface area (Å²) in [6, 6.07) is 23.3. The lowest BCUT2D eigenvalue weighted by Crippen LogP contribution is -2.16. The lowest BCUT2D eigenvalue weighted by atomic mass is 9.93. The molecule has 6 heteroatoms. The monoisotopic (exact) mass is 483 g/mol. The van der Waals surface area contributed by atoms with Crippen LogP contribution in [-0.2, 0) is 10.0 Å². The molecule has 5 aromatic rings. The number of sulfonamides is 1. The largest absolute Gasteiger partial charge is 0.507 e. The Bertz CT molecular complexity index is 1720. The van der Waals surface area contributed by atoms with Gasteiger partial charge in [0, 0.05) is 21.9 Å². The summed E-state index contributed by atoms with van der Waals surface area (Å²) in [5.41, 5.74) is 3.40. The van der Waals surface area contributed by atoms with E-state index in [0.29, 0.717) is 38.7 Å². The maximum Gasteiger partial charge on any atom is 0.262 e. The van der Waals surface area contributed by atoms with Crippen LogP contribution < -0.4 is 4.72 Å². The van der Waals surface area contributed by atoms with Crippen LogP contribution in [0.25, 0.3) is 32.7 Å². The molecule has 0 aliphatic heterocycles. The molecule has 5 aromatic carbocycles. The Kier molecular flexibility index (Phi) is 5.41. The molecule has 0 aromatic heterocycles. The minimum Gasteiger partial charge on any atom is -0.507 e. The fourth-order valence-electron chi connectivity index (χ4n) is 4.96. The first kappa shape index (κ1) is 22.7. The normalized spacial score (nSPS) is 11.7. The predicted octanol–water partition coefficient (Wildman–Crippen LogP) is 6.80. The topological polar surface area (TPSA) is 86.6 Å². The minimum atomic E-state index is -3.94. The molecule has 0 aliphatic carbocycles. The summed E-state index contributed by atoms with van der Waals surface area (Å²) in [5, 5.41) is 24.7. The number of anilines is 1. The Morgan fingerprint density at radius 3 is 2.00 bits per heavy atom. The van der Waals surface area contributed by atoms with Crippen LogP contribution in [0.4, 0.5) is 5.69 Å². The van der Waals surface area contributed by atoms with E-state index in [1.807, 2.05) is 43.3 Å². The average Bonchev–Trinajstić information content (AvgIpc) is 2.80. The third-order valence-corrected chi connectivity index (χ3v) is 7.98. The molecule has 0 spiro atoms. The molecule has 35 heavy (non-hydrogen) atoms. The lowest BCUT2D eigenvalue weighted by Gasteiger charge is -2.18. The second kappa shape index (κ2) is 8.32. The van der Waals surface area contributed by atoms with E-state index in [2.05, 4.69) is 4.72 Å². The van der Waals surface area contributed by atoms with E-state index in [4.69, 9.17) is 0 Å². The summed E-state index contributed by atoms with van der Waals surface area (Å²) in [6.07, 6.45) is 0. The zero-order valence-corrected chi connectivity index (χ0v) is 20.4. The van der Waals surface area contributed by atoms with Crippen LogP contribution in [0.3, 0.4) is 0 Å². The number of aromatic hydroxyl groups is 2. The molecule has 0 saturated carbocycles. The lowest BCUT2D eigenvalue weighted by molar-refractivity contribution is 0.472. The fraction of sp³-hybridized carbons (Fsp3) is 0.103. The standard InChI is InChI=1S/C29H25NO4S/c1-17-14-18(2)29(19(3)15-17)35(33,34)30-25-16-24(28(32)23-11-7-6-10-22(23)25)27-21-9-5-4-8-20(21)12-13-26(27)31/h4-16,30-32H,1-3H3. The second-order valence-corrected chi connectivity index (χ2v) is 10.5. The van der Waals surface area contributed by atoms with E-state index in [0.717, 1.165) is 16.3 Å². The van der Waals surface area contributed by atoms with Crippen LogP contribution in [-0.4, -0.2) is 18.6 Å². The predicted molar refractivity (Wildman–Crippen MR) is 142 cm³/mol. The van der Waals surface area contributed by atoms with Gasteiger partial charge in [0.2, 0.25) is 0 Å². The van der Waals surface area contributed by atoms with Gasteiger partial charge in [0.25, 0.3) is 10.0 Å².